The first-order valence-corrected chi connectivity index (χ1v) is 10.8. The third-order valence-corrected chi connectivity index (χ3v) is 5.42. The van der Waals surface area contributed by atoms with Crippen LogP contribution in [0.3, 0.4) is 0 Å². The van der Waals surface area contributed by atoms with E-state index in [4.69, 9.17) is 4.74 Å². The van der Waals surface area contributed by atoms with Crippen molar-refractivity contribution in [2.24, 2.45) is 0 Å². The summed E-state index contributed by atoms with van der Waals surface area (Å²) in [6.45, 7) is 3.51. The monoisotopic (exact) mass is 493 g/mol. The van der Waals surface area contributed by atoms with E-state index in [1.54, 1.807) is 49.0 Å². The Labute approximate surface area is 199 Å². The summed E-state index contributed by atoms with van der Waals surface area (Å²) >= 11 is 0. The molecule has 2 heterocycles. The molecule has 3 rings (SSSR count). The predicted octanol–water partition coefficient (Wildman–Crippen LogP) is 3.99. The Morgan fingerprint density at radius 2 is 2.03 bits per heavy atom. The van der Waals surface area contributed by atoms with Gasteiger partial charge in [-0.25, -0.2) is 14.8 Å². The molecular weight excluding hydrogens is 467 g/mol. The molecule has 3 aromatic rings. The zero-order valence-electron chi connectivity index (χ0n) is 19.7. The van der Waals surface area contributed by atoms with Crippen LogP contribution in [0.5, 0.6) is 5.88 Å². The summed E-state index contributed by atoms with van der Waals surface area (Å²) in [6, 6.07) is 3.36. The molecule has 2 atom stereocenters. The maximum Gasteiger partial charge on any atom is 0.412 e. The maximum atomic E-state index is 13.4. The second-order valence-corrected chi connectivity index (χ2v) is 7.73. The van der Waals surface area contributed by atoms with Gasteiger partial charge in [-0.2, -0.15) is 13.2 Å². The van der Waals surface area contributed by atoms with Gasteiger partial charge in [0.2, 0.25) is 0 Å². The fourth-order valence-corrected chi connectivity index (χ4v) is 3.56. The van der Waals surface area contributed by atoms with Crippen LogP contribution in [0.1, 0.15) is 32.4 Å². The minimum atomic E-state index is -4.79. The summed E-state index contributed by atoms with van der Waals surface area (Å²) in [5.41, 5.74) is 2.56. The van der Waals surface area contributed by atoms with Gasteiger partial charge in [-0.15, -0.1) is 0 Å². The highest BCUT2D eigenvalue weighted by Gasteiger charge is 2.42. The Morgan fingerprint density at radius 3 is 2.66 bits per heavy atom. The Kier molecular flexibility index (Phi) is 7.82. The number of amides is 2. The zero-order chi connectivity index (χ0) is 25.8. The van der Waals surface area contributed by atoms with Gasteiger partial charge in [-0.05, 0) is 25.5 Å². The van der Waals surface area contributed by atoms with Gasteiger partial charge < -0.3 is 24.1 Å². The van der Waals surface area contributed by atoms with E-state index in [0.29, 0.717) is 22.8 Å². The number of carbonyl (C=O) groups is 2. The number of fused-ring (bicyclic) bond motifs is 1. The molecule has 0 fully saturated rings. The minimum absolute atomic E-state index is 0.141. The van der Waals surface area contributed by atoms with Crippen molar-refractivity contribution in [1.82, 2.24) is 24.6 Å². The summed E-state index contributed by atoms with van der Waals surface area (Å²) < 4.78 is 51.7. The largest absolute Gasteiger partial charge is 0.478 e. The fourth-order valence-electron chi connectivity index (χ4n) is 3.56. The van der Waals surface area contributed by atoms with E-state index in [1.165, 1.54) is 12.0 Å². The van der Waals surface area contributed by atoms with E-state index in [2.05, 4.69) is 14.7 Å². The first kappa shape index (κ1) is 25.8. The number of aromatic nitrogens is 3. The van der Waals surface area contributed by atoms with E-state index in [1.807, 2.05) is 17.4 Å². The lowest BCUT2D eigenvalue weighted by atomic mass is 10.0. The molecule has 0 aliphatic heterocycles. The summed E-state index contributed by atoms with van der Waals surface area (Å²) in [4.78, 5) is 33.7. The number of esters is 1. The Morgan fingerprint density at radius 1 is 1.29 bits per heavy atom. The molecule has 0 radical (unpaired) electrons. The number of rotatable bonds is 8. The molecule has 0 saturated heterocycles. The number of alkyl halides is 3. The molecule has 2 aromatic heterocycles. The van der Waals surface area contributed by atoms with Crippen molar-refractivity contribution in [3.63, 3.8) is 0 Å². The molecule has 1 aromatic carbocycles. The lowest BCUT2D eigenvalue weighted by Crippen LogP contribution is -2.53. The van der Waals surface area contributed by atoms with Crippen molar-refractivity contribution < 1.29 is 32.2 Å². The molecular formula is C23H26F3N5O4. The predicted molar refractivity (Wildman–Crippen MR) is 121 cm³/mol. The van der Waals surface area contributed by atoms with Gasteiger partial charge in [0.05, 0.1) is 18.8 Å². The summed E-state index contributed by atoms with van der Waals surface area (Å²) in [5, 5.41) is 1.94. The number of imidazole rings is 1. The van der Waals surface area contributed by atoms with Crippen LogP contribution >= 0.6 is 0 Å². The smallest absolute Gasteiger partial charge is 0.412 e. The second-order valence-electron chi connectivity index (χ2n) is 7.73. The van der Waals surface area contributed by atoms with Crippen molar-refractivity contribution >= 4 is 17.6 Å². The normalized spacial score (nSPS) is 13.2. The average molecular weight is 493 g/mol. The van der Waals surface area contributed by atoms with Crippen molar-refractivity contribution in [3.8, 4) is 17.1 Å². The molecule has 0 aliphatic carbocycles. The van der Waals surface area contributed by atoms with E-state index in [9.17, 15) is 22.8 Å². The molecule has 1 unspecified atom stereocenters. The highest BCUT2D eigenvalue weighted by Crippen LogP contribution is 2.28. The Bertz CT molecular complexity index is 1200. The first-order valence-electron chi connectivity index (χ1n) is 10.8. The van der Waals surface area contributed by atoms with Crippen LogP contribution in [0.15, 0.2) is 42.9 Å². The molecule has 35 heavy (non-hydrogen) atoms. The highest BCUT2D eigenvalue weighted by atomic mass is 19.4. The molecule has 0 spiro atoms. The molecule has 0 saturated carbocycles. The van der Waals surface area contributed by atoms with Gasteiger partial charge in [0.15, 0.2) is 11.7 Å². The summed E-state index contributed by atoms with van der Waals surface area (Å²) in [6.07, 6.45) is 0.368. The molecule has 188 valence electrons. The van der Waals surface area contributed by atoms with Crippen molar-refractivity contribution in [1.29, 1.82) is 0 Å². The third-order valence-electron chi connectivity index (χ3n) is 5.42. The van der Waals surface area contributed by atoms with Gasteiger partial charge in [-0.3, -0.25) is 4.79 Å². The number of methoxy groups -OCH3 is 1. The molecule has 0 bridgehead atoms. The number of carbonyl (C=O) groups excluding carboxylic acids is 2. The Hall–Kier alpha value is -3.83. The Balaban J connectivity index is 1.85. The minimum Gasteiger partial charge on any atom is -0.478 e. The quantitative estimate of drug-likeness (QED) is 0.477. The summed E-state index contributed by atoms with van der Waals surface area (Å²) in [7, 11) is 1.49. The second kappa shape index (κ2) is 10.6. The fraction of sp³-hybridized carbons (Fsp3) is 0.391. The topological polar surface area (TPSA) is 98.1 Å². The number of hydrogen-bond donors (Lipinski definition) is 1. The van der Waals surface area contributed by atoms with Crippen molar-refractivity contribution in [2.75, 3.05) is 20.3 Å². The maximum absolute atomic E-state index is 13.4. The van der Waals surface area contributed by atoms with E-state index in [0.717, 1.165) is 12.5 Å². The number of benzene rings is 1. The van der Waals surface area contributed by atoms with Crippen LogP contribution in [-0.2, 0) is 9.53 Å². The van der Waals surface area contributed by atoms with Crippen LogP contribution in [-0.4, -0.2) is 63.7 Å². The molecule has 2 amide bonds. The van der Waals surface area contributed by atoms with Gasteiger partial charge in [0.25, 0.3) is 5.88 Å². The molecule has 12 heteroatoms. The van der Waals surface area contributed by atoms with Crippen LogP contribution in [0.25, 0.3) is 16.9 Å². The molecule has 1 N–H and O–H groups in total. The van der Waals surface area contributed by atoms with E-state index in [-0.39, 0.29) is 6.54 Å². The third kappa shape index (κ3) is 6.00. The van der Waals surface area contributed by atoms with Gasteiger partial charge in [0.1, 0.15) is 6.61 Å². The van der Waals surface area contributed by atoms with Crippen LogP contribution in [0.4, 0.5) is 18.0 Å². The SMILES string of the molecule is CCN(C(=O)NC(COC(C)=O)C(F)(F)F)[C@H](C)c1cccc(-c2cn3ccnc3c(OC)n2)c1. The number of urea groups is 1. The number of hydrogen-bond acceptors (Lipinski definition) is 6. The lowest BCUT2D eigenvalue weighted by molar-refractivity contribution is -0.171. The van der Waals surface area contributed by atoms with E-state index < -0.39 is 36.9 Å². The first-order chi connectivity index (χ1) is 16.5. The van der Waals surface area contributed by atoms with Crippen LogP contribution < -0.4 is 10.1 Å². The summed E-state index contributed by atoms with van der Waals surface area (Å²) in [5.74, 6) is -0.531. The molecule has 9 nitrogen and oxygen atoms in total. The number of halogens is 3. The van der Waals surface area contributed by atoms with Gasteiger partial charge in [0, 0.05) is 37.6 Å². The molecule has 0 aliphatic rings. The number of nitrogens with zero attached hydrogens (tertiary/aromatic N) is 4. The van der Waals surface area contributed by atoms with Crippen molar-refractivity contribution in [2.45, 2.75) is 39.0 Å². The number of ether oxygens (including phenoxy) is 2. The van der Waals surface area contributed by atoms with Gasteiger partial charge >= 0.3 is 18.2 Å². The average Bonchev–Trinajstić information content (AvgIpc) is 3.29. The lowest BCUT2D eigenvalue weighted by Gasteiger charge is -2.31. The van der Waals surface area contributed by atoms with Crippen LogP contribution in [0.2, 0.25) is 0 Å². The number of nitrogens with one attached hydrogen (secondary N) is 1. The van der Waals surface area contributed by atoms with E-state index >= 15 is 0 Å². The van der Waals surface area contributed by atoms with Crippen LogP contribution in [0, 0.1) is 0 Å². The standard InChI is InChI=1S/C23H26F3N5O4/c1-5-31(22(33)29-19(23(24,25)26)13-35-15(3)32)14(2)16-7-6-8-17(11-16)18-12-30-10-9-27-20(30)21(28-18)34-4/h6-12,14,19H,5,13H2,1-4H3,(H,29,33)/t14-,19?/m1/s1. The van der Waals surface area contributed by atoms with Crippen molar-refractivity contribution in [3.05, 3.63) is 48.4 Å². The zero-order valence-corrected chi connectivity index (χ0v) is 19.7. The van der Waals surface area contributed by atoms with Gasteiger partial charge in [-0.1, -0.05) is 18.2 Å². The highest BCUT2D eigenvalue weighted by molar-refractivity contribution is 5.75.